The summed E-state index contributed by atoms with van der Waals surface area (Å²) in [5.74, 6) is 1.38. The maximum Gasteiger partial charge on any atom is 0.330 e. The van der Waals surface area contributed by atoms with Crippen LogP contribution in [0.25, 0.3) is 0 Å². The van der Waals surface area contributed by atoms with Gasteiger partial charge in [-0.15, -0.1) is 0 Å². The molecule has 1 aliphatic rings. The Bertz CT molecular complexity index is 854. The number of H-pyrrole nitrogens is 1. The number of rotatable bonds is 5. The van der Waals surface area contributed by atoms with Gasteiger partial charge in [0.15, 0.2) is 0 Å². The minimum atomic E-state index is -0.399. The molecule has 0 bridgehead atoms. The van der Waals surface area contributed by atoms with Crippen LogP contribution in [0.15, 0.2) is 33.9 Å². The Hall–Kier alpha value is -2.54. The smallest absolute Gasteiger partial charge is 0.330 e. The number of fused-ring (bicyclic) bond motifs is 1. The molecule has 1 aromatic carbocycles. The SMILES string of the molecule is CC[C@H](C)N1CNc2c(c(=O)[nH]c(=O)n2Cc2ccc(OC)cc2)C1. The van der Waals surface area contributed by atoms with E-state index in [1.807, 2.05) is 24.3 Å². The molecule has 0 aliphatic carbocycles. The van der Waals surface area contributed by atoms with Crippen LogP contribution in [0.4, 0.5) is 5.82 Å². The normalized spacial score (nSPS) is 15.3. The number of benzene rings is 1. The van der Waals surface area contributed by atoms with E-state index in [1.165, 1.54) is 0 Å². The van der Waals surface area contributed by atoms with E-state index < -0.39 is 5.69 Å². The van der Waals surface area contributed by atoms with Gasteiger partial charge in [-0.3, -0.25) is 19.2 Å². The Morgan fingerprint density at radius 3 is 2.60 bits per heavy atom. The van der Waals surface area contributed by atoms with Gasteiger partial charge in [0, 0.05) is 12.6 Å². The van der Waals surface area contributed by atoms with Gasteiger partial charge >= 0.3 is 5.69 Å². The van der Waals surface area contributed by atoms with E-state index in [9.17, 15) is 9.59 Å². The lowest BCUT2D eigenvalue weighted by molar-refractivity contribution is 0.200. The van der Waals surface area contributed by atoms with Crippen molar-refractivity contribution in [1.29, 1.82) is 0 Å². The Balaban J connectivity index is 1.95. The molecule has 0 amide bonds. The van der Waals surface area contributed by atoms with Gasteiger partial charge in [0.1, 0.15) is 11.6 Å². The van der Waals surface area contributed by atoms with Crippen LogP contribution in [0.3, 0.4) is 0 Å². The number of aromatic nitrogens is 2. The Kier molecular flexibility index (Phi) is 4.94. The largest absolute Gasteiger partial charge is 0.497 e. The van der Waals surface area contributed by atoms with Gasteiger partial charge in [-0.25, -0.2) is 4.79 Å². The summed E-state index contributed by atoms with van der Waals surface area (Å²) in [5, 5.41) is 3.27. The molecular formula is C18H24N4O3. The highest BCUT2D eigenvalue weighted by Crippen LogP contribution is 2.21. The zero-order valence-electron chi connectivity index (χ0n) is 14.8. The number of aromatic amines is 1. The number of methoxy groups -OCH3 is 1. The highest BCUT2D eigenvalue weighted by molar-refractivity contribution is 5.46. The number of hydrogen-bond acceptors (Lipinski definition) is 5. The van der Waals surface area contributed by atoms with Gasteiger partial charge in [-0.1, -0.05) is 19.1 Å². The first-order chi connectivity index (χ1) is 12.0. The van der Waals surface area contributed by atoms with Gasteiger partial charge < -0.3 is 10.1 Å². The molecule has 1 aliphatic heterocycles. The summed E-state index contributed by atoms with van der Waals surface area (Å²) in [5.41, 5.74) is 0.860. The third-order valence-electron chi connectivity index (χ3n) is 4.82. The summed E-state index contributed by atoms with van der Waals surface area (Å²) in [6.45, 7) is 5.80. The first kappa shape index (κ1) is 17.3. The lowest BCUT2D eigenvalue weighted by Crippen LogP contribution is -2.46. The van der Waals surface area contributed by atoms with Crippen molar-refractivity contribution in [2.75, 3.05) is 19.1 Å². The summed E-state index contributed by atoms with van der Waals surface area (Å²) >= 11 is 0. The van der Waals surface area contributed by atoms with E-state index >= 15 is 0 Å². The minimum absolute atomic E-state index is 0.313. The van der Waals surface area contributed by atoms with Crippen molar-refractivity contribution < 1.29 is 4.74 Å². The second-order valence-electron chi connectivity index (χ2n) is 6.36. The number of ether oxygens (including phenoxy) is 1. The van der Waals surface area contributed by atoms with Crippen molar-refractivity contribution in [2.24, 2.45) is 0 Å². The highest BCUT2D eigenvalue weighted by Gasteiger charge is 2.24. The molecule has 2 N–H and O–H groups in total. The van der Waals surface area contributed by atoms with Gasteiger partial charge in [0.05, 0.1) is 25.9 Å². The average Bonchev–Trinajstić information content (AvgIpc) is 2.64. The van der Waals surface area contributed by atoms with Gasteiger partial charge in [0.2, 0.25) is 0 Å². The van der Waals surface area contributed by atoms with E-state index in [2.05, 4.69) is 29.0 Å². The molecule has 1 aromatic heterocycles. The quantitative estimate of drug-likeness (QED) is 0.861. The summed E-state index contributed by atoms with van der Waals surface area (Å²) in [6.07, 6.45) is 1.00. The summed E-state index contributed by atoms with van der Waals surface area (Å²) < 4.78 is 6.75. The Labute approximate surface area is 146 Å². The Morgan fingerprint density at radius 1 is 1.24 bits per heavy atom. The summed E-state index contributed by atoms with van der Waals surface area (Å²) in [4.78, 5) is 29.3. The van der Waals surface area contributed by atoms with Gasteiger partial charge in [-0.05, 0) is 31.0 Å². The molecule has 25 heavy (non-hydrogen) atoms. The molecule has 0 unspecified atom stereocenters. The Morgan fingerprint density at radius 2 is 1.96 bits per heavy atom. The molecule has 3 rings (SSSR count). The fourth-order valence-corrected chi connectivity index (χ4v) is 3.03. The van der Waals surface area contributed by atoms with Crippen LogP contribution >= 0.6 is 0 Å². The molecule has 0 radical (unpaired) electrons. The standard InChI is InChI=1S/C18H24N4O3/c1-4-12(2)21-10-15-16(19-11-21)22(18(24)20-17(15)23)9-13-5-7-14(25-3)8-6-13/h5-8,12,19H,4,9-11H2,1-3H3,(H,20,23,24)/t12-/m0/s1. The van der Waals surface area contributed by atoms with Gasteiger partial charge in [-0.2, -0.15) is 0 Å². The first-order valence-electron chi connectivity index (χ1n) is 8.50. The van der Waals surface area contributed by atoms with Crippen LogP contribution in [0, 0.1) is 0 Å². The molecule has 2 aromatic rings. The lowest BCUT2D eigenvalue weighted by Gasteiger charge is -2.34. The maximum absolute atomic E-state index is 12.3. The second kappa shape index (κ2) is 7.14. The van der Waals surface area contributed by atoms with Crippen LogP contribution in [-0.4, -0.2) is 34.3 Å². The molecule has 0 spiro atoms. The predicted octanol–water partition coefficient (Wildman–Crippen LogP) is 1.58. The minimum Gasteiger partial charge on any atom is -0.497 e. The van der Waals surface area contributed by atoms with Crippen molar-refractivity contribution >= 4 is 5.82 Å². The predicted molar refractivity (Wildman–Crippen MR) is 97.2 cm³/mol. The molecule has 7 nitrogen and oxygen atoms in total. The van der Waals surface area contributed by atoms with Crippen molar-refractivity contribution in [3.8, 4) is 5.75 Å². The highest BCUT2D eigenvalue weighted by atomic mass is 16.5. The molecule has 2 heterocycles. The summed E-state index contributed by atoms with van der Waals surface area (Å²) in [7, 11) is 1.62. The third-order valence-corrected chi connectivity index (χ3v) is 4.82. The van der Waals surface area contributed by atoms with Crippen LogP contribution in [0.1, 0.15) is 31.4 Å². The van der Waals surface area contributed by atoms with Crippen molar-refractivity contribution in [3.63, 3.8) is 0 Å². The van der Waals surface area contributed by atoms with Crippen LogP contribution in [0.5, 0.6) is 5.75 Å². The van der Waals surface area contributed by atoms with E-state index in [0.717, 1.165) is 17.7 Å². The van der Waals surface area contributed by atoms with Crippen LogP contribution < -0.4 is 21.3 Å². The molecular weight excluding hydrogens is 320 g/mol. The number of hydrogen-bond donors (Lipinski definition) is 2. The molecule has 0 saturated carbocycles. The monoisotopic (exact) mass is 344 g/mol. The van der Waals surface area contributed by atoms with Gasteiger partial charge in [0.25, 0.3) is 5.56 Å². The maximum atomic E-state index is 12.3. The zero-order chi connectivity index (χ0) is 18.0. The number of nitrogens with zero attached hydrogens (tertiary/aromatic N) is 2. The summed E-state index contributed by atoms with van der Waals surface area (Å²) in [6, 6.07) is 7.91. The molecule has 1 atom stereocenters. The third kappa shape index (κ3) is 3.46. The fourth-order valence-electron chi connectivity index (χ4n) is 3.03. The van der Waals surface area contributed by atoms with E-state index in [-0.39, 0.29) is 5.56 Å². The second-order valence-corrected chi connectivity index (χ2v) is 6.36. The van der Waals surface area contributed by atoms with Crippen LogP contribution in [0.2, 0.25) is 0 Å². The number of anilines is 1. The van der Waals surface area contributed by atoms with Crippen molar-refractivity contribution in [3.05, 3.63) is 56.2 Å². The van der Waals surface area contributed by atoms with E-state index in [0.29, 0.717) is 37.2 Å². The fraction of sp³-hybridized carbons (Fsp3) is 0.444. The van der Waals surface area contributed by atoms with Crippen LogP contribution in [-0.2, 0) is 13.1 Å². The lowest BCUT2D eigenvalue weighted by atomic mass is 10.1. The van der Waals surface area contributed by atoms with Crippen molar-refractivity contribution in [1.82, 2.24) is 14.5 Å². The molecule has 134 valence electrons. The topological polar surface area (TPSA) is 79.4 Å². The van der Waals surface area contributed by atoms with Crippen molar-refractivity contribution in [2.45, 2.75) is 39.4 Å². The average molecular weight is 344 g/mol. The zero-order valence-corrected chi connectivity index (χ0v) is 14.8. The molecule has 0 fully saturated rings. The van der Waals surface area contributed by atoms with E-state index in [4.69, 9.17) is 4.74 Å². The van der Waals surface area contributed by atoms with E-state index in [1.54, 1.807) is 11.7 Å². The first-order valence-corrected chi connectivity index (χ1v) is 8.50. The molecule has 7 heteroatoms. The molecule has 0 saturated heterocycles. The number of nitrogens with one attached hydrogen (secondary N) is 2.